The van der Waals surface area contributed by atoms with Gasteiger partial charge in [-0.25, -0.2) is 14.8 Å². The third-order valence-corrected chi connectivity index (χ3v) is 3.94. The lowest BCUT2D eigenvalue weighted by Crippen LogP contribution is -2.14. The summed E-state index contributed by atoms with van der Waals surface area (Å²) in [5.41, 5.74) is 5.99. The Morgan fingerprint density at radius 2 is 1.89 bits per heavy atom. The first-order valence-corrected chi connectivity index (χ1v) is 7.87. The highest BCUT2D eigenvalue weighted by Gasteiger charge is 2.13. The Balaban J connectivity index is 1.85. The highest BCUT2D eigenvalue weighted by Crippen LogP contribution is 2.35. The van der Waals surface area contributed by atoms with Crippen LogP contribution in [-0.4, -0.2) is 26.2 Å². The average Bonchev–Trinajstić information content (AvgIpc) is 2.65. The van der Waals surface area contributed by atoms with Crippen molar-refractivity contribution >= 4 is 39.5 Å². The molecule has 9 nitrogen and oxygen atoms in total. The van der Waals surface area contributed by atoms with E-state index in [-0.39, 0.29) is 11.5 Å². The molecule has 1 amide bonds. The molecule has 0 radical (unpaired) electrons. The van der Waals surface area contributed by atoms with Crippen LogP contribution in [0.5, 0.6) is 11.5 Å². The van der Waals surface area contributed by atoms with Crippen LogP contribution < -0.4 is 21.3 Å². The van der Waals surface area contributed by atoms with E-state index in [0.29, 0.717) is 33.5 Å². The smallest absolute Gasteiger partial charge is 0.409 e. The normalized spacial score (nSPS) is 10.8. The molecule has 0 saturated heterocycles. The van der Waals surface area contributed by atoms with Crippen molar-refractivity contribution in [3.63, 3.8) is 0 Å². The zero-order valence-electron chi connectivity index (χ0n) is 13.8. The maximum Gasteiger partial charge on any atom is 0.409 e. The molecule has 2 heterocycles. The first-order chi connectivity index (χ1) is 13.0. The monoisotopic (exact) mass is 363 g/mol. The van der Waals surface area contributed by atoms with Crippen molar-refractivity contribution in [1.82, 2.24) is 15.0 Å². The van der Waals surface area contributed by atoms with Crippen LogP contribution >= 0.6 is 0 Å². The fraction of sp³-hybridized carbons (Fsp3) is 0. The number of nitrogen functional groups attached to an aromatic ring is 1. The number of hydrogen-bond acceptors (Lipinski definition) is 6. The van der Waals surface area contributed by atoms with Gasteiger partial charge in [0.2, 0.25) is 0 Å². The van der Waals surface area contributed by atoms with Crippen molar-refractivity contribution in [1.29, 1.82) is 0 Å². The number of anilines is 2. The molecule has 0 aliphatic carbocycles. The van der Waals surface area contributed by atoms with Gasteiger partial charge >= 0.3 is 6.09 Å². The van der Waals surface area contributed by atoms with Crippen LogP contribution in [0.15, 0.2) is 53.5 Å². The first kappa shape index (κ1) is 16.3. The summed E-state index contributed by atoms with van der Waals surface area (Å²) >= 11 is 0. The first-order valence-electron chi connectivity index (χ1n) is 7.87. The van der Waals surface area contributed by atoms with E-state index in [1.807, 2.05) is 6.07 Å². The molecule has 0 saturated carbocycles. The van der Waals surface area contributed by atoms with Crippen LogP contribution in [-0.2, 0) is 0 Å². The number of aromatic nitrogens is 3. The van der Waals surface area contributed by atoms with E-state index in [1.54, 1.807) is 36.4 Å². The number of nitrogens with zero attached hydrogens (tertiary/aromatic N) is 2. The van der Waals surface area contributed by atoms with Crippen LogP contribution in [0.25, 0.3) is 21.9 Å². The molecule has 0 unspecified atom stereocenters. The quantitative estimate of drug-likeness (QED) is 0.438. The zero-order valence-corrected chi connectivity index (χ0v) is 13.8. The largest absolute Gasteiger partial charge is 0.465 e. The lowest BCUT2D eigenvalue weighted by Gasteiger charge is -2.13. The summed E-state index contributed by atoms with van der Waals surface area (Å²) in [7, 11) is 0. The van der Waals surface area contributed by atoms with E-state index in [9.17, 15) is 9.59 Å². The molecule has 0 aliphatic rings. The number of amides is 1. The van der Waals surface area contributed by atoms with E-state index in [1.165, 1.54) is 6.20 Å². The number of benzene rings is 2. The van der Waals surface area contributed by atoms with Gasteiger partial charge in [-0.15, -0.1) is 0 Å². The molecule has 0 atom stereocenters. The van der Waals surface area contributed by atoms with Crippen LogP contribution in [0, 0.1) is 0 Å². The van der Waals surface area contributed by atoms with Crippen molar-refractivity contribution in [2.45, 2.75) is 0 Å². The second-order valence-electron chi connectivity index (χ2n) is 5.65. The maximum atomic E-state index is 11.8. The van der Waals surface area contributed by atoms with Gasteiger partial charge in [-0.05, 0) is 12.1 Å². The second kappa shape index (κ2) is 6.30. The molecule has 5 N–H and O–H groups in total. The minimum Gasteiger partial charge on any atom is -0.465 e. The van der Waals surface area contributed by atoms with Gasteiger partial charge in [-0.2, -0.15) is 0 Å². The highest BCUT2D eigenvalue weighted by molar-refractivity contribution is 6.02. The van der Waals surface area contributed by atoms with Crippen molar-refractivity contribution in [3.05, 3.63) is 59.0 Å². The highest BCUT2D eigenvalue weighted by atomic mass is 16.5. The molecular weight excluding hydrogens is 350 g/mol. The fourth-order valence-corrected chi connectivity index (χ4v) is 2.77. The van der Waals surface area contributed by atoms with Gasteiger partial charge in [0.25, 0.3) is 5.56 Å². The summed E-state index contributed by atoms with van der Waals surface area (Å²) in [6.07, 6.45) is 0.334. The molecule has 2 aromatic carbocycles. The predicted octanol–water partition coefficient (Wildman–Crippen LogP) is 2.94. The summed E-state index contributed by atoms with van der Waals surface area (Å²) in [5, 5.41) is 12.7. The second-order valence-corrected chi connectivity index (χ2v) is 5.65. The van der Waals surface area contributed by atoms with Crippen LogP contribution in [0.3, 0.4) is 0 Å². The fourth-order valence-electron chi connectivity index (χ4n) is 2.77. The van der Waals surface area contributed by atoms with Gasteiger partial charge in [0.1, 0.15) is 11.3 Å². The van der Waals surface area contributed by atoms with Crippen LogP contribution in [0.2, 0.25) is 0 Å². The third-order valence-electron chi connectivity index (χ3n) is 3.94. The third kappa shape index (κ3) is 2.97. The molecule has 134 valence electrons. The van der Waals surface area contributed by atoms with Gasteiger partial charge in [0.05, 0.1) is 5.69 Å². The van der Waals surface area contributed by atoms with Crippen LogP contribution in [0.4, 0.5) is 16.3 Å². The molecule has 0 bridgehead atoms. The Kier molecular flexibility index (Phi) is 3.81. The van der Waals surface area contributed by atoms with Crippen molar-refractivity contribution in [2.75, 3.05) is 11.1 Å². The number of ether oxygens (including phenoxy) is 1. The van der Waals surface area contributed by atoms with E-state index < -0.39 is 11.7 Å². The Morgan fingerprint density at radius 1 is 1.11 bits per heavy atom. The lowest BCUT2D eigenvalue weighted by atomic mass is 10.1. The molecule has 2 aromatic heterocycles. The van der Waals surface area contributed by atoms with E-state index in [4.69, 9.17) is 15.6 Å². The molecule has 27 heavy (non-hydrogen) atoms. The van der Waals surface area contributed by atoms with Gasteiger partial charge in [-0.1, -0.05) is 24.3 Å². The van der Waals surface area contributed by atoms with E-state index >= 15 is 0 Å². The summed E-state index contributed by atoms with van der Waals surface area (Å²) in [4.78, 5) is 33.4. The maximum absolute atomic E-state index is 11.8. The number of nitrogens with two attached hydrogens (primary N) is 1. The van der Waals surface area contributed by atoms with Gasteiger partial charge in [0, 0.05) is 23.0 Å². The number of pyridine rings is 1. The van der Waals surface area contributed by atoms with Gasteiger partial charge in [0.15, 0.2) is 17.2 Å². The molecule has 0 aliphatic heterocycles. The number of H-pyrrole nitrogens is 1. The summed E-state index contributed by atoms with van der Waals surface area (Å²) < 4.78 is 5.99. The van der Waals surface area contributed by atoms with Crippen molar-refractivity contribution in [3.8, 4) is 11.5 Å². The van der Waals surface area contributed by atoms with E-state index in [0.717, 1.165) is 0 Å². The van der Waals surface area contributed by atoms with E-state index in [2.05, 4.69) is 20.3 Å². The molecule has 4 aromatic rings. The minimum absolute atomic E-state index is 0.179. The Labute approximate surface area is 151 Å². The zero-order chi connectivity index (χ0) is 19.0. The van der Waals surface area contributed by atoms with Crippen molar-refractivity contribution < 1.29 is 14.6 Å². The number of nitrogens with one attached hydrogen (secondary N) is 2. The lowest BCUT2D eigenvalue weighted by molar-refractivity contribution is 0.210. The number of aromatic amines is 1. The summed E-state index contributed by atoms with van der Waals surface area (Å²) in [6.45, 7) is 0. The number of carboxylic acid groups (broad SMARTS) is 1. The van der Waals surface area contributed by atoms with Gasteiger partial charge < -0.3 is 20.6 Å². The Morgan fingerprint density at radius 3 is 2.67 bits per heavy atom. The predicted molar refractivity (Wildman–Crippen MR) is 100 cm³/mol. The topological polar surface area (TPSA) is 143 Å². The Hall–Kier alpha value is -4.14. The number of fused-ring (bicyclic) bond motifs is 2. The SMILES string of the molecule is Nc1nc2nccc(Oc3ccc(NC(=O)O)c4ccccc34)c2[nH]c1=O. The number of rotatable bonds is 3. The number of carbonyl (C=O) groups is 1. The molecule has 4 rings (SSSR count). The minimum atomic E-state index is -1.16. The van der Waals surface area contributed by atoms with Crippen LogP contribution in [0.1, 0.15) is 0 Å². The molecule has 9 heteroatoms. The number of hydrogen-bond donors (Lipinski definition) is 4. The standard InChI is InChI=1S/C18H13N5O4/c19-15-17(24)22-14-13(7-8-20-16(14)23-15)27-12-6-5-11(21-18(25)26)9-3-1-2-4-10(9)12/h1-8,21H,(H,22,24)(H,25,26)(H2,19,20,23). The molecule has 0 spiro atoms. The van der Waals surface area contributed by atoms with Gasteiger partial charge in [-0.3, -0.25) is 10.1 Å². The average molecular weight is 363 g/mol. The summed E-state index contributed by atoms with van der Waals surface area (Å²) in [6, 6.07) is 12.0. The molecule has 0 fully saturated rings. The Bertz CT molecular complexity index is 1250. The summed E-state index contributed by atoms with van der Waals surface area (Å²) in [5.74, 6) is 0.641. The molecular formula is C18H13N5O4. The van der Waals surface area contributed by atoms with Crippen molar-refractivity contribution in [2.24, 2.45) is 0 Å².